The molecule has 0 radical (unpaired) electrons. The minimum Gasteiger partial charge on any atom is -0.493 e. The van der Waals surface area contributed by atoms with Crippen molar-refractivity contribution in [3.63, 3.8) is 0 Å². The molecule has 2 rings (SSSR count). The summed E-state index contributed by atoms with van der Waals surface area (Å²) in [5.74, 6) is 0.132. The fourth-order valence-corrected chi connectivity index (χ4v) is 2.60. The van der Waals surface area contributed by atoms with Crippen LogP contribution in [0.25, 0.3) is 0 Å². The number of rotatable bonds is 7. The lowest BCUT2D eigenvalue weighted by Gasteiger charge is -2.34. The van der Waals surface area contributed by atoms with Gasteiger partial charge in [-0.1, -0.05) is 18.2 Å². The number of amides is 1. The predicted molar refractivity (Wildman–Crippen MR) is 86.6 cm³/mol. The Morgan fingerprint density at radius 1 is 1.13 bits per heavy atom. The van der Waals surface area contributed by atoms with Gasteiger partial charge in [0.15, 0.2) is 0 Å². The molecule has 1 aliphatic heterocycles. The molecule has 0 atom stereocenters. The molecule has 0 spiro atoms. The van der Waals surface area contributed by atoms with Gasteiger partial charge in [-0.05, 0) is 18.6 Å². The molecule has 1 aromatic rings. The number of carboxylic acid groups (broad SMARTS) is 1. The van der Waals surface area contributed by atoms with Gasteiger partial charge in [0.2, 0.25) is 5.91 Å². The van der Waals surface area contributed by atoms with Crippen LogP contribution in [0, 0.1) is 6.92 Å². The first-order valence-electron chi connectivity index (χ1n) is 7.96. The van der Waals surface area contributed by atoms with Crippen molar-refractivity contribution in [1.29, 1.82) is 0 Å². The molecule has 1 aromatic carbocycles. The second-order valence-electron chi connectivity index (χ2n) is 5.73. The van der Waals surface area contributed by atoms with E-state index < -0.39 is 5.97 Å². The quantitative estimate of drug-likeness (QED) is 0.822. The molecule has 126 valence electrons. The third kappa shape index (κ3) is 5.56. The molecule has 1 N–H and O–H groups in total. The summed E-state index contributed by atoms with van der Waals surface area (Å²) < 4.78 is 5.66. The number of benzene rings is 1. The maximum atomic E-state index is 12.2. The highest BCUT2D eigenvalue weighted by molar-refractivity contribution is 5.76. The molecule has 6 nitrogen and oxygen atoms in total. The van der Waals surface area contributed by atoms with Crippen LogP contribution in [0.4, 0.5) is 0 Å². The van der Waals surface area contributed by atoms with Crippen LogP contribution in [0.15, 0.2) is 24.3 Å². The molecule has 0 unspecified atom stereocenters. The van der Waals surface area contributed by atoms with Crippen molar-refractivity contribution in [2.24, 2.45) is 0 Å². The number of carboxylic acids is 1. The van der Waals surface area contributed by atoms with Gasteiger partial charge in [0, 0.05) is 32.7 Å². The Bertz CT molecular complexity index is 539. The van der Waals surface area contributed by atoms with E-state index in [1.807, 2.05) is 36.1 Å². The summed E-state index contributed by atoms with van der Waals surface area (Å²) in [7, 11) is 0. The second-order valence-corrected chi connectivity index (χ2v) is 5.73. The van der Waals surface area contributed by atoms with E-state index in [1.165, 1.54) is 0 Å². The molecule has 1 heterocycles. The zero-order chi connectivity index (χ0) is 16.7. The second kappa shape index (κ2) is 8.53. The number of aryl methyl sites for hydroxylation is 1. The zero-order valence-corrected chi connectivity index (χ0v) is 13.5. The summed E-state index contributed by atoms with van der Waals surface area (Å²) in [6.07, 6.45) is 0.516. The van der Waals surface area contributed by atoms with Crippen molar-refractivity contribution in [2.75, 3.05) is 39.3 Å². The summed E-state index contributed by atoms with van der Waals surface area (Å²) in [5.41, 5.74) is 1.06. The number of nitrogens with zero attached hydrogens (tertiary/aromatic N) is 2. The van der Waals surface area contributed by atoms with Gasteiger partial charge in [0.1, 0.15) is 5.75 Å². The highest BCUT2D eigenvalue weighted by Crippen LogP contribution is 2.16. The molecule has 0 aromatic heterocycles. The Morgan fingerprint density at radius 3 is 2.48 bits per heavy atom. The van der Waals surface area contributed by atoms with Crippen LogP contribution in [0.2, 0.25) is 0 Å². The Kier molecular flexibility index (Phi) is 6.40. The summed E-state index contributed by atoms with van der Waals surface area (Å²) in [4.78, 5) is 26.7. The lowest BCUT2D eigenvalue weighted by molar-refractivity contribution is -0.138. The number of hydrogen-bond acceptors (Lipinski definition) is 4. The SMILES string of the molecule is Cc1ccccc1OCCC(=O)N1CCN(CCC(=O)O)CC1. The lowest BCUT2D eigenvalue weighted by Crippen LogP contribution is -2.49. The fourth-order valence-electron chi connectivity index (χ4n) is 2.60. The van der Waals surface area contributed by atoms with Gasteiger partial charge in [0.25, 0.3) is 0 Å². The maximum Gasteiger partial charge on any atom is 0.304 e. The largest absolute Gasteiger partial charge is 0.493 e. The standard InChI is InChI=1S/C17H24N2O4/c1-14-4-2-3-5-15(14)23-13-7-16(20)19-11-9-18(10-12-19)8-6-17(21)22/h2-5H,6-13H2,1H3,(H,21,22). The first kappa shape index (κ1) is 17.3. The van der Waals surface area contributed by atoms with Crippen LogP contribution in [-0.2, 0) is 9.59 Å². The third-order valence-electron chi connectivity index (χ3n) is 4.03. The molecule has 0 saturated carbocycles. The summed E-state index contributed by atoms with van der Waals surface area (Å²) in [6.45, 7) is 5.69. The fraction of sp³-hybridized carbons (Fsp3) is 0.529. The topological polar surface area (TPSA) is 70.1 Å². The van der Waals surface area contributed by atoms with Crippen molar-refractivity contribution in [3.05, 3.63) is 29.8 Å². The van der Waals surface area contributed by atoms with E-state index in [9.17, 15) is 9.59 Å². The van der Waals surface area contributed by atoms with Gasteiger partial charge in [0.05, 0.1) is 19.4 Å². The summed E-state index contributed by atoms with van der Waals surface area (Å²) in [6, 6.07) is 7.76. The zero-order valence-electron chi connectivity index (χ0n) is 13.5. The number of piperazine rings is 1. The van der Waals surface area contributed by atoms with Crippen LogP contribution in [-0.4, -0.2) is 66.1 Å². The number of para-hydroxylation sites is 1. The lowest BCUT2D eigenvalue weighted by atomic mass is 10.2. The normalized spacial score (nSPS) is 15.4. The minimum absolute atomic E-state index is 0.0940. The molecular formula is C17H24N2O4. The Morgan fingerprint density at radius 2 is 1.83 bits per heavy atom. The summed E-state index contributed by atoms with van der Waals surface area (Å²) >= 11 is 0. The van der Waals surface area contributed by atoms with Crippen LogP contribution in [0.5, 0.6) is 5.75 Å². The van der Waals surface area contributed by atoms with Crippen molar-refractivity contribution in [2.45, 2.75) is 19.8 Å². The number of aliphatic carboxylic acids is 1. The third-order valence-corrected chi connectivity index (χ3v) is 4.03. The van der Waals surface area contributed by atoms with E-state index in [1.54, 1.807) is 0 Å². The monoisotopic (exact) mass is 320 g/mol. The molecule has 6 heteroatoms. The van der Waals surface area contributed by atoms with E-state index in [2.05, 4.69) is 4.90 Å². The molecule has 0 bridgehead atoms. The number of carbonyl (C=O) groups is 2. The molecule has 1 fully saturated rings. The number of hydrogen-bond donors (Lipinski definition) is 1. The van der Waals surface area contributed by atoms with Crippen molar-refractivity contribution in [1.82, 2.24) is 9.80 Å². The van der Waals surface area contributed by atoms with E-state index in [4.69, 9.17) is 9.84 Å². The van der Waals surface area contributed by atoms with Crippen molar-refractivity contribution < 1.29 is 19.4 Å². The Hall–Kier alpha value is -2.08. The number of ether oxygens (including phenoxy) is 1. The van der Waals surface area contributed by atoms with Crippen LogP contribution >= 0.6 is 0 Å². The Balaban J connectivity index is 1.67. The van der Waals surface area contributed by atoms with Gasteiger partial charge >= 0.3 is 5.97 Å². The average Bonchev–Trinajstić information content (AvgIpc) is 2.55. The Labute approximate surface area is 136 Å². The highest BCUT2D eigenvalue weighted by Gasteiger charge is 2.21. The first-order valence-corrected chi connectivity index (χ1v) is 7.96. The highest BCUT2D eigenvalue weighted by atomic mass is 16.5. The molecule has 0 aliphatic carbocycles. The van der Waals surface area contributed by atoms with Gasteiger partial charge in [-0.3, -0.25) is 14.5 Å². The summed E-state index contributed by atoms with van der Waals surface area (Å²) in [5, 5.41) is 8.69. The molecular weight excluding hydrogens is 296 g/mol. The molecule has 1 saturated heterocycles. The predicted octanol–water partition coefficient (Wildman–Crippen LogP) is 1.38. The van der Waals surface area contributed by atoms with Crippen LogP contribution < -0.4 is 4.74 Å². The smallest absolute Gasteiger partial charge is 0.304 e. The van der Waals surface area contributed by atoms with Gasteiger partial charge in [-0.2, -0.15) is 0 Å². The van der Waals surface area contributed by atoms with E-state index in [0.717, 1.165) is 24.4 Å². The maximum absolute atomic E-state index is 12.2. The average molecular weight is 320 g/mol. The first-order chi connectivity index (χ1) is 11.1. The van der Waals surface area contributed by atoms with Gasteiger partial charge in [-0.25, -0.2) is 0 Å². The minimum atomic E-state index is -0.781. The molecule has 1 aliphatic rings. The molecule has 23 heavy (non-hydrogen) atoms. The van der Waals surface area contributed by atoms with E-state index >= 15 is 0 Å². The van der Waals surface area contributed by atoms with Crippen molar-refractivity contribution >= 4 is 11.9 Å². The van der Waals surface area contributed by atoms with E-state index in [0.29, 0.717) is 32.7 Å². The number of carbonyl (C=O) groups excluding carboxylic acids is 1. The van der Waals surface area contributed by atoms with Gasteiger partial charge < -0.3 is 14.7 Å². The molecule has 1 amide bonds. The van der Waals surface area contributed by atoms with Crippen molar-refractivity contribution in [3.8, 4) is 5.75 Å². The van der Waals surface area contributed by atoms with E-state index in [-0.39, 0.29) is 12.3 Å². The van der Waals surface area contributed by atoms with Gasteiger partial charge in [-0.15, -0.1) is 0 Å². The van der Waals surface area contributed by atoms with Crippen LogP contribution in [0.1, 0.15) is 18.4 Å². The van der Waals surface area contributed by atoms with Crippen LogP contribution in [0.3, 0.4) is 0 Å².